The summed E-state index contributed by atoms with van der Waals surface area (Å²) in [6.07, 6.45) is 5.25. The molecule has 24 heavy (non-hydrogen) atoms. The molecule has 0 saturated carbocycles. The van der Waals surface area contributed by atoms with Crippen molar-refractivity contribution in [1.29, 1.82) is 0 Å². The number of nitrogens with zero attached hydrogens (tertiary/aromatic N) is 1. The second kappa shape index (κ2) is 6.28. The maximum Gasteiger partial charge on any atom is 0.271 e. The quantitative estimate of drug-likeness (QED) is 0.574. The Bertz CT molecular complexity index is 938. The summed E-state index contributed by atoms with van der Waals surface area (Å²) >= 11 is 0. The molecule has 3 aromatic rings. The summed E-state index contributed by atoms with van der Waals surface area (Å²) in [7, 11) is 0. The number of amides is 1. The van der Waals surface area contributed by atoms with E-state index < -0.39 is 0 Å². The summed E-state index contributed by atoms with van der Waals surface area (Å²) in [5.41, 5.74) is 7.14. The van der Waals surface area contributed by atoms with Crippen LogP contribution in [-0.4, -0.2) is 12.1 Å². The number of hydrogen-bond donors (Lipinski definition) is 1. The van der Waals surface area contributed by atoms with Crippen molar-refractivity contribution in [3.8, 4) is 0 Å². The van der Waals surface area contributed by atoms with Gasteiger partial charge in [0, 0.05) is 5.56 Å². The highest BCUT2D eigenvalue weighted by atomic mass is 16.2. The minimum atomic E-state index is -0.191. The molecule has 0 fully saturated rings. The number of benzene rings is 3. The lowest BCUT2D eigenvalue weighted by molar-refractivity contribution is 0.0957. The number of carbonyl (C=O) groups excluding carboxylic acids is 1. The Hall–Kier alpha value is -2.94. The summed E-state index contributed by atoms with van der Waals surface area (Å²) in [5, 5.41) is 6.11. The highest BCUT2D eigenvalue weighted by molar-refractivity contribution is 6.07. The van der Waals surface area contributed by atoms with Crippen molar-refractivity contribution in [3.63, 3.8) is 0 Å². The lowest BCUT2D eigenvalue weighted by atomic mass is 10.0. The van der Waals surface area contributed by atoms with Crippen molar-refractivity contribution in [1.82, 2.24) is 5.43 Å². The van der Waals surface area contributed by atoms with E-state index in [9.17, 15) is 4.79 Å². The fourth-order valence-electron chi connectivity index (χ4n) is 3.32. The second-order valence-corrected chi connectivity index (χ2v) is 6.11. The van der Waals surface area contributed by atoms with Crippen LogP contribution in [0.1, 0.15) is 33.5 Å². The molecule has 0 aliphatic heterocycles. The van der Waals surface area contributed by atoms with E-state index in [1.807, 2.05) is 42.5 Å². The molecule has 1 N–H and O–H groups in total. The Labute approximate surface area is 141 Å². The van der Waals surface area contributed by atoms with Crippen LogP contribution in [0.5, 0.6) is 0 Å². The van der Waals surface area contributed by atoms with Gasteiger partial charge in [0.1, 0.15) is 0 Å². The SMILES string of the molecule is O=C(N/N=C/c1ccc2c(c1)CCC2)c1cccc2ccccc12. The van der Waals surface area contributed by atoms with E-state index >= 15 is 0 Å². The van der Waals surface area contributed by atoms with Gasteiger partial charge in [0.2, 0.25) is 0 Å². The van der Waals surface area contributed by atoms with Gasteiger partial charge in [-0.05, 0) is 58.9 Å². The topological polar surface area (TPSA) is 41.5 Å². The molecule has 0 atom stereocenters. The van der Waals surface area contributed by atoms with Crippen LogP contribution in [0.4, 0.5) is 0 Å². The van der Waals surface area contributed by atoms with Crippen molar-refractivity contribution in [3.05, 3.63) is 82.9 Å². The smallest absolute Gasteiger partial charge is 0.267 e. The molecule has 3 heteroatoms. The highest BCUT2D eigenvalue weighted by Crippen LogP contribution is 2.22. The second-order valence-electron chi connectivity index (χ2n) is 6.11. The number of hydrogen-bond acceptors (Lipinski definition) is 2. The Kier molecular flexibility index (Phi) is 3.83. The molecule has 0 heterocycles. The van der Waals surface area contributed by atoms with E-state index in [1.165, 1.54) is 24.0 Å². The van der Waals surface area contributed by atoms with Gasteiger partial charge in [0.05, 0.1) is 6.21 Å². The average molecular weight is 314 g/mol. The molecule has 4 rings (SSSR count). The van der Waals surface area contributed by atoms with Gasteiger partial charge in [-0.25, -0.2) is 5.43 Å². The number of hydrazone groups is 1. The van der Waals surface area contributed by atoms with Gasteiger partial charge in [-0.2, -0.15) is 5.10 Å². The molecule has 0 aromatic heterocycles. The molecule has 1 aliphatic rings. The molecule has 1 aliphatic carbocycles. The monoisotopic (exact) mass is 314 g/mol. The first-order chi connectivity index (χ1) is 11.8. The fourth-order valence-corrected chi connectivity index (χ4v) is 3.32. The zero-order valence-corrected chi connectivity index (χ0v) is 13.3. The minimum Gasteiger partial charge on any atom is -0.267 e. The third-order valence-electron chi connectivity index (χ3n) is 4.54. The normalized spacial score (nSPS) is 13.3. The summed E-state index contributed by atoms with van der Waals surface area (Å²) in [6.45, 7) is 0. The maximum atomic E-state index is 12.4. The summed E-state index contributed by atoms with van der Waals surface area (Å²) in [6, 6.07) is 19.9. The largest absolute Gasteiger partial charge is 0.271 e. The summed E-state index contributed by atoms with van der Waals surface area (Å²) in [5.74, 6) is -0.191. The molecule has 0 saturated heterocycles. The van der Waals surface area contributed by atoms with Crippen molar-refractivity contribution in [2.75, 3.05) is 0 Å². The first kappa shape index (κ1) is 14.6. The zero-order chi connectivity index (χ0) is 16.4. The van der Waals surface area contributed by atoms with Crippen LogP contribution in [0.15, 0.2) is 65.8 Å². The van der Waals surface area contributed by atoms with Gasteiger partial charge in [-0.3, -0.25) is 4.79 Å². The molecular formula is C21H18N2O. The predicted octanol–water partition coefficient (Wildman–Crippen LogP) is 4.09. The van der Waals surface area contributed by atoms with E-state index in [0.29, 0.717) is 5.56 Å². The Morgan fingerprint density at radius 3 is 2.75 bits per heavy atom. The molecule has 118 valence electrons. The van der Waals surface area contributed by atoms with Crippen molar-refractivity contribution in [2.45, 2.75) is 19.3 Å². The van der Waals surface area contributed by atoms with Crippen LogP contribution in [0.25, 0.3) is 10.8 Å². The highest BCUT2D eigenvalue weighted by Gasteiger charge is 2.10. The molecule has 1 amide bonds. The number of nitrogens with one attached hydrogen (secondary N) is 1. The van der Waals surface area contributed by atoms with E-state index in [2.05, 4.69) is 28.7 Å². The van der Waals surface area contributed by atoms with Crippen LogP contribution in [0.3, 0.4) is 0 Å². The minimum absolute atomic E-state index is 0.191. The molecule has 3 aromatic carbocycles. The third-order valence-corrected chi connectivity index (χ3v) is 4.54. The van der Waals surface area contributed by atoms with Gasteiger partial charge >= 0.3 is 0 Å². The fraction of sp³-hybridized carbons (Fsp3) is 0.143. The van der Waals surface area contributed by atoms with Crippen LogP contribution < -0.4 is 5.43 Å². The predicted molar refractivity (Wildman–Crippen MR) is 97.5 cm³/mol. The lowest BCUT2D eigenvalue weighted by Gasteiger charge is -2.05. The van der Waals surface area contributed by atoms with Gasteiger partial charge < -0.3 is 0 Å². The third kappa shape index (κ3) is 2.81. The number of carbonyl (C=O) groups is 1. The molecule has 0 unspecified atom stereocenters. The number of aryl methyl sites for hydroxylation is 2. The Morgan fingerprint density at radius 1 is 0.958 bits per heavy atom. The van der Waals surface area contributed by atoms with Gasteiger partial charge in [-0.1, -0.05) is 48.5 Å². The number of rotatable bonds is 3. The first-order valence-electron chi connectivity index (χ1n) is 8.24. The van der Waals surface area contributed by atoms with Crippen molar-refractivity contribution >= 4 is 22.9 Å². The Balaban J connectivity index is 1.52. The molecule has 3 nitrogen and oxygen atoms in total. The summed E-state index contributed by atoms with van der Waals surface area (Å²) in [4.78, 5) is 12.4. The first-order valence-corrected chi connectivity index (χ1v) is 8.24. The van der Waals surface area contributed by atoms with Crippen molar-refractivity contribution < 1.29 is 4.79 Å². The standard InChI is InChI=1S/C21H18N2O/c24-21(20-10-4-7-17-5-1-2-9-19(17)20)23-22-14-15-11-12-16-6-3-8-18(16)13-15/h1-2,4-5,7,9-14H,3,6,8H2,(H,23,24)/b22-14+. The van der Waals surface area contributed by atoms with E-state index in [0.717, 1.165) is 22.8 Å². The zero-order valence-electron chi connectivity index (χ0n) is 13.3. The lowest BCUT2D eigenvalue weighted by Crippen LogP contribution is -2.17. The van der Waals surface area contributed by atoms with E-state index in [1.54, 1.807) is 6.21 Å². The van der Waals surface area contributed by atoms with E-state index in [-0.39, 0.29) is 5.91 Å². The summed E-state index contributed by atoms with van der Waals surface area (Å²) < 4.78 is 0. The molecule has 0 spiro atoms. The van der Waals surface area contributed by atoms with Gasteiger partial charge in [0.25, 0.3) is 5.91 Å². The molecule has 0 radical (unpaired) electrons. The van der Waals surface area contributed by atoms with Crippen molar-refractivity contribution in [2.24, 2.45) is 5.10 Å². The Morgan fingerprint density at radius 2 is 1.79 bits per heavy atom. The van der Waals surface area contributed by atoms with Crippen LogP contribution in [-0.2, 0) is 12.8 Å². The van der Waals surface area contributed by atoms with Crippen LogP contribution in [0, 0.1) is 0 Å². The number of fused-ring (bicyclic) bond motifs is 2. The van der Waals surface area contributed by atoms with E-state index in [4.69, 9.17) is 0 Å². The van der Waals surface area contributed by atoms with Crippen LogP contribution >= 0.6 is 0 Å². The van der Waals surface area contributed by atoms with Gasteiger partial charge in [-0.15, -0.1) is 0 Å². The molecular weight excluding hydrogens is 296 g/mol. The molecule has 0 bridgehead atoms. The van der Waals surface area contributed by atoms with Gasteiger partial charge in [0.15, 0.2) is 0 Å². The van der Waals surface area contributed by atoms with Crippen LogP contribution in [0.2, 0.25) is 0 Å². The average Bonchev–Trinajstić information content (AvgIpc) is 3.09. The maximum absolute atomic E-state index is 12.4.